The Morgan fingerprint density at radius 2 is 1.88 bits per heavy atom. The van der Waals surface area contributed by atoms with Crippen LogP contribution in [0.15, 0.2) is 59.6 Å². The monoisotopic (exact) mass is 451 g/mol. The van der Waals surface area contributed by atoms with Gasteiger partial charge in [-0.2, -0.15) is 5.10 Å². The van der Waals surface area contributed by atoms with Crippen LogP contribution in [-0.2, 0) is 11.2 Å². The van der Waals surface area contributed by atoms with Crippen LogP contribution in [0.1, 0.15) is 38.6 Å². The van der Waals surface area contributed by atoms with Crippen molar-refractivity contribution in [2.75, 3.05) is 11.4 Å². The van der Waals surface area contributed by atoms with Crippen molar-refractivity contribution in [1.29, 1.82) is 0 Å². The van der Waals surface area contributed by atoms with Gasteiger partial charge in [0.05, 0.1) is 22.8 Å². The molecule has 2 aromatic heterocycles. The molecule has 6 rings (SSSR count). The normalized spacial score (nSPS) is 16.9. The van der Waals surface area contributed by atoms with Gasteiger partial charge >= 0.3 is 0 Å². The van der Waals surface area contributed by atoms with E-state index in [0.717, 1.165) is 34.5 Å². The van der Waals surface area contributed by atoms with E-state index >= 15 is 0 Å². The molecule has 9 nitrogen and oxygen atoms in total. The Labute approximate surface area is 195 Å². The molecule has 0 radical (unpaired) electrons. The lowest BCUT2D eigenvalue weighted by Gasteiger charge is -2.21. The minimum absolute atomic E-state index is 0.101. The van der Waals surface area contributed by atoms with E-state index in [1.165, 1.54) is 0 Å². The van der Waals surface area contributed by atoms with Crippen LogP contribution in [0.5, 0.6) is 0 Å². The zero-order valence-electron chi connectivity index (χ0n) is 18.7. The minimum atomic E-state index is -1.10. The molecular weight excluding hydrogens is 430 g/mol. The number of anilines is 1. The smallest absolute Gasteiger partial charge is 0.275 e. The largest absolute Gasteiger partial charge is 0.321 e. The molecule has 34 heavy (non-hydrogen) atoms. The van der Waals surface area contributed by atoms with Crippen molar-refractivity contribution >= 4 is 28.9 Å². The lowest BCUT2D eigenvalue weighted by atomic mass is 9.98. The van der Waals surface area contributed by atoms with Crippen LogP contribution < -0.4 is 10.2 Å². The van der Waals surface area contributed by atoms with E-state index in [0.29, 0.717) is 23.6 Å². The highest BCUT2D eigenvalue weighted by molar-refractivity contribution is 6.21. The maximum absolute atomic E-state index is 13.6. The summed E-state index contributed by atoms with van der Waals surface area (Å²) in [5, 5.41) is 15.4. The van der Waals surface area contributed by atoms with Crippen molar-refractivity contribution in [3.05, 3.63) is 88.4 Å². The second-order valence-corrected chi connectivity index (χ2v) is 8.46. The number of aryl methyl sites for hydroxylation is 2. The number of nitrogens with one attached hydrogen (secondary N) is 1. The molecular formula is C25H21N7O2. The molecule has 2 aromatic carbocycles. The summed E-state index contributed by atoms with van der Waals surface area (Å²) >= 11 is 0. The summed E-state index contributed by atoms with van der Waals surface area (Å²) in [5.41, 5.74) is 6.37. The van der Waals surface area contributed by atoms with Gasteiger partial charge in [0.2, 0.25) is 6.17 Å². The summed E-state index contributed by atoms with van der Waals surface area (Å²) in [6.07, 6.45) is -0.338. The fourth-order valence-electron chi connectivity index (χ4n) is 4.67. The number of carbonyl (C=O) groups excluding carboxylic acids is 2. The molecule has 0 unspecified atom stereocenters. The number of para-hydroxylation sites is 1. The number of carbonyl (C=O) groups is 2. The van der Waals surface area contributed by atoms with Crippen LogP contribution in [0.4, 0.5) is 5.69 Å². The molecule has 0 aliphatic carbocycles. The number of aliphatic imine (C=N–C) groups is 1. The zero-order valence-corrected chi connectivity index (χ0v) is 18.7. The number of amides is 2. The molecule has 4 aromatic rings. The third kappa shape index (κ3) is 3.08. The average molecular weight is 451 g/mol. The highest BCUT2D eigenvalue weighted by Crippen LogP contribution is 2.36. The number of rotatable bonds is 3. The molecule has 4 heterocycles. The molecule has 1 atom stereocenters. The number of aromatic nitrogens is 4. The number of nitrogens with zero attached hydrogens (tertiary/aromatic N) is 6. The van der Waals surface area contributed by atoms with E-state index in [1.807, 2.05) is 55.5 Å². The van der Waals surface area contributed by atoms with E-state index in [9.17, 15) is 9.59 Å². The summed E-state index contributed by atoms with van der Waals surface area (Å²) in [7, 11) is 0. The Morgan fingerprint density at radius 1 is 1.06 bits per heavy atom. The maximum atomic E-state index is 13.6. The molecule has 0 spiro atoms. The molecule has 2 aliphatic rings. The lowest BCUT2D eigenvalue weighted by molar-refractivity contribution is -0.120. The molecule has 0 fully saturated rings. The van der Waals surface area contributed by atoms with Gasteiger partial charge in [-0.3, -0.25) is 9.59 Å². The first-order valence-corrected chi connectivity index (χ1v) is 11.1. The predicted octanol–water partition coefficient (Wildman–Crippen LogP) is 2.24. The SMILES string of the molecule is Cc1cc2nnc(C(=O)N[C@@H]3N=C(c4ccccc4)c4cccc5c4N(CC5)C3=O)c(C)n2n1. The van der Waals surface area contributed by atoms with E-state index in [1.54, 1.807) is 22.4 Å². The van der Waals surface area contributed by atoms with Crippen LogP contribution in [-0.4, -0.2) is 50.0 Å². The van der Waals surface area contributed by atoms with E-state index in [2.05, 4.69) is 20.6 Å². The average Bonchev–Trinajstić information content (AvgIpc) is 3.42. The van der Waals surface area contributed by atoms with E-state index in [4.69, 9.17) is 4.99 Å². The van der Waals surface area contributed by atoms with Crippen molar-refractivity contribution in [1.82, 2.24) is 25.1 Å². The first-order valence-electron chi connectivity index (χ1n) is 11.1. The lowest BCUT2D eigenvalue weighted by Crippen LogP contribution is -2.47. The van der Waals surface area contributed by atoms with Crippen molar-refractivity contribution in [3.8, 4) is 0 Å². The van der Waals surface area contributed by atoms with Crippen molar-refractivity contribution in [2.24, 2.45) is 4.99 Å². The maximum Gasteiger partial charge on any atom is 0.275 e. The number of hydrogen-bond donors (Lipinski definition) is 1. The standard InChI is InChI=1S/C25H21N7O2/c1-14-13-19-28-29-20(15(2)32(19)30-14)24(33)27-23-25(34)31-12-11-17-9-6-10-18(22(17)31)21(26-23)16-7-4-3-5-8-16/h3-10,13,23H,11-12H2,1-2H3,(H,27,33)/t23-/m0/s1. The van der Waals surface area contributed by atoms with Gasteiger partial charge in [0.25, 0.3) is 11.8 Å². The van der Waals surface area contributed by atoms with Crippen molar-refractivity contribution in [2.45, 2.75) is 26.4 Å². The molecule has 0 saturated carbocycles. The van der Waals surface area contributed by atoms with Crippen LogP contribution in [0.3, 0.4) is 0 Å². The zero-order chi connectivity index (χ0) is 23.4. The third-order valence-electron chi connectivity index (χ3n) is 6.26. The molecule has 1 N–H and O–H groups in total. The van der Waals surface area contributed by atoms with Gasteiger partial charge in [-0.1, -0.05) is 48.5 Å². The van der Waals surface area contributed by atoms with Gasteiger partial charge in [0.15, 0.2) is 11.3 Å². The molecule has 0 saturated heterocycles. The van der Waals surface area contributed by atoms with Gasteiger partial charge in [0, 0.05) is 23.7 Å². The van der Waals surface area contributed by atoms with Gasteiger partial charge in [-0.25, -0.2) is 9.51 Å². The summed E-state index contributed by atoms with van der Waals surface area (Å²) in [5.74, 6) is -0.799. The van der Waals surface area contributed by atoms with E-state index in [-0.39, 0.29) is 11.6 Å². The van der Waals surface area contributed by atoms with Crippen LogP contribution in [0.2, 0.25) is 0 Å². The number of hydrogen-bond acceptors (Lipinski definition) is 6. The first-order chi connectivity index (χ1) is 16.5. The molecule has 9 heteroatoms. The first kappa shape index (κ1) is 20.2. The highest BCUT2D eigenvalue weighted by Gasteiger charge is 2.37. The Balaban J connectivity index is 1.44. The highest BCUT2D eigenvalue weighted by atomic mass is 16.2. The second kappa shape index (κ2) is 7.58. The summed E-state index contributed by atoms with van der Waals surface area (Å²) < 4.78 is 1.58. The minimum Gasteiger partial charge on any atom is -0.321 e. The third-order valence-corrected chi connectivity index (χ3v) is 6.26. The molecule has 2 amide bonds. The summed E-state index contributed by atoms with van der Waals surface area (Å²) in [6, 6.07) is 17.5. The number of fused-ring (bicyclic) bond motifs is 1. The topological polar surface area (TPSA) is 105 Å². The summed E-state index contributed by atoms with van der Waals surface area (Å²) in [4.78, 5) is 33.3. The fraction of sp³-hybridized carbons (Fsp3) is 0.200. The molecule has 168 valence electrons. The number of benzene rings is 2. The van der Waals surface area contributed by atoms with Crippen LogP contribution in [0, 0.1) is 13.8 Å². The Morgan fingerprint density at radius 3 is 2.71 bits per heavy atom. The van der Waals surface area contributed by atoms with Gasteiger partial charge in [0.1, 0.15) is 0 Å². The van der Waals surface area contributed by atoms with Gasteiger partial charge in [-0.15, -0.1) is 10.2 Å². The van der Waals surface area contributed by atoms with Crippen LogP contribution in [0.25, 0.3) is 5.65 Å². The van der Waals surface area contributed by atoms with Crippen LogP contribution >= 0.6 is 0 Å². The Hall–Kier alpha value is -4.40. The Kier molecular flexibility index (Phi) is 4.51. The van der Waals surface area contributed by atoms with Gasteiger partial charge in [-0.05, 0) is 25.8 Å². The van der Waals surface area contributed by atoms with Crippen molar-refractivity contribution < 1.29 is 9.59 Å². The molecule has 0 bridgehead atoms. The predicted molar refractivity (Wildman–Crippen MR) is 126 cm³/mol. The Bertz CT molecular complexity index is 1510. The van der Waals surface area contributed by atoms with E-state index < -0.39 is 12.1 Å². The quantitative estimate of drug-likeness (QED) is 0.514. The molecule has 2 aliphatic heterocycles. The summed E-state index contributed by atoms with van der Waals surface area (Å²) in [6.45, 7) is 4.14. The van der Waals surface area contributed by atoms with Crippen molar-refractivity contribution in [3.63, 3.8) is 0 Å². The van der Waals surface area contributed by atoms with Gasteiger partial charge < -0.3 is 10.2 Å². The fourth-order valence-corrected chi connectivity index (χ4v) is 4.67. The second-order valence-electron chi connectivity index (χ2n) is 8.46.